The first-order valence-electron chi connectivity index (χ1n) is 8.32. The van der Waals surface area contributed by atoms with Gasteiger partial charge in [-0.05, 0) is 49.7 Å². The molecule has 0 aliphatic carbocycles. The van der Waals surface area contributed by atoms with Crippen LogP contribution in [0.5, 0.6) is 0 Å². The highest BCUT2D eigenvalue weighted by Crippen LogP contribution is 2.30. The first-order valence-corrected chi connectivity index (χ1v) is 8.32. The molecule has 24 heavy (non-hydrogen) atoms. The van der Waals surface area contributed by atoms with Gasteiger partial charge in [-0.2, -0.15) is 0 Å². The number of pyridine rings is 1. The second kappa shape index (κ2) is 6.32. The van der Waals surface area contributed by atoms with Crippen LogP contribution in [0.4, 0.5) is 8.78 Å². The Kier molecular flexibility index (Phi) is 4.02. The summed E-state index contributed by atoms with van der Waals surface area (Å²) in [6.07, 6.45) is 4.09. The lowest BCUT2D eigenvalue weighted by molar-refractivity contribution is 0.456. The van der Waals surface area contributed by atoms with Gasteiger partial charge in [0.05, 0.1) is 6.54 Å². The number of rotatable bonds is 3. The maximum Gasteiger partial charge on any atom is 0.140 e. The molecule has 3 aliphatic rings. The van der Waals surface area contributed by atoms with Crippen LogP contribution in [0.15, 0.2) is 42.6 Å². The normalized spacial score (nSPS) is 18.2. The molecule has 1 N–H and O–H groups in total. The third kappa shape index (κ3) is 2.80. The molecule has 1 saturated heterocycles. The van der Waals surface area contributed by atoms with E-state index in [0.29, 0.717) is 5.92 Å². The molecule has 0 unspecified atom stereocenters. The van der Waals surface area contributed by atoms with Crippen LogP contribution in [0.2, 0.25) is 0 Å². The average Bonchev–Trinajstić information content (AvgIpc) is 3.04. The number of fused-ring (bicyclic) bond motifs is 1. The van der Waals surface area contributed by atoms with Crippen LogP contribution in [-0.4, -0.2) is 22.6 Å². The van der Waals surface area contributed by atoms with Crippen molar-refractivity contribution in [2.24, 2.45) is 0 Å². The fourth-order valence-electron chi connectivity index (χ4n) is 3.41. The fraction of sp³-hybridized carbons (Fsp3) is 0.316. The molecule has 1 fully saturated rings. The number of hydrogen-bond donors (Lipinski definition) is 1. The van der Waals surface area contributed by atoms with Crippen LogP contribution in [0, 0.1) is 11.6 Å². The Balaban J connectivity index is 1.70. The van der Waals surface area contributed by atoms with Crippen LogP contribution in [0.1, 0.15) is 30.0 Å². The summed E-state index contributed by atoms with van der Waals surface area (Å²) in [5.74, 6) is 0.135. The molecule has 5 heteroatoms. The lowest BCUT2D eigenvalue weighted by atomic mass is 9.96. The summed E-state index contributed by atoms with van der Waals surface area (Å²) in [5.41, 5.74) is 2.14. The third-order valence-corrected chi connectivity index (χ3v) is 4.72. The van der Waals surface area contributed by atoms with Crippen molar-refractivity contribution in [1.82, 2.24) is 14.9 Å². The highest BCUT2D eigenvalue weighted by molar-refractivity contribution is 5.59. The van der Waals surface area contributed by atoms with Crippen molar-refractivity contribution in [2.45, 2.75) is 25.3 Å². The molecule has 0 aromatic heterocycles. The highest BCUT2D eigenvalue weighted by atomic mass is 19.1. The molecule has 1 atom stereocenters. The van der Waals surface area contributed by atoms with E-state index >= 15 is 0 Å². The SMILES string of the molecule is Fc1cccc(F)c1Cn1cccc2cc([C@H]3CCCNC3)nc1-2. The third-order valence-electron chi connectivity index (χ3n) is 4.72. The van der Waals surface area contributed by atoms with Crippen molar-refractivity contribution >= 4 is 0 Å². The van der Waals surface area contributed by atoms with E-state index in [2.05, 4.69) is 11.4 Å². The number of benzene rings is 1. The smallest absolute Gasteiger partial charge is 0.140 e. The summed E-state index contributed by atoms with van der Waals surface area (Å²) < 4.78 is 29.7. The quantitative estimate of drug-likeness (QED) is 0.793. The van der Waals surface area contributed by atoms with E-state index in [0.717, 1.165) is 43.0 Å². The number of nitrogens with one attached hydrogen (secondary N) is 1. The maximum atomic E-state index is 14.0. The van der Waals surface area contributed by atoms with Gasteiger partial charge in [-0.15, -0.1) is 0 Å². The molecule has 0 radical (unpaired) electrons. The molecular formula is C19H19F2N3. The van der Waals surface area contributed by atoms with Crippen molar-refractivity contribution in [1.29, 1.82) is 0 Å². The fourth-order valence-corrected chi connectivity index (χ4v) is 3.41. The molecule has 3 nitrogen and oxygen atoms in total. The molecule has 4 rings (SSSR count). The zero-order valence-corrected chi connectivity index (χ0v) is 13.3. The van der Waals surface area contributed by atoms with Crippen LogP contribution in [0.3, 0.4) is 0 Å². The molecule has 3 aliphatic heterocycles. The van der Waals surface area contributed by atoms with Gasteiger partial charge >= 0.3 is 0 Å². The molecule has 0 bridgehead atoms. The van der Waals surface area contributed by atoms with Crippen molar-refractivity contribution in [3.63, 3.8) is 0 Å². The van der Waals surface area contributed by atoms with Crippen molar-refractivity contribution < 1.29 is 8.78 Å². The molecule has 3 heterocycles. The molecule has 0 saturated carbocycles. The summed E-state index contributed by atoms with van der Waals surface area (Å²) in [5, 5.41) is 3.40. The van der Waals surface area contributed by atoms with Gasteiger partial charge in [0, 0.05) is 35.5 Å². The van der Waals surface area contributed by atoms with Crippen molar-refractivity contribution in [3.8, 4) is 11.4 Å². The predicted octanol–water partition coefficient (Wildman–Crippen LogP) is 3.78. The lowest BCUT2D eigenvalue weighted by Gasteiger charge is -2.20. The van der Waals surface area contributed by atoms with Crippen LogP contribution in [0.25, 0.3) is 11.4 Å². The van der Waals surface area contributed by atoms with Gasteiger partial charge in [0.25, 0.3) is 0 Å². The summed E-state index contributed by atoms with van der Waals surface area (Å²) >= 11 is 0. The molecule has 1 aromatic carbocycles. The first kappa shape index (κ1) is 15.3. The van der Waals surface area contributed by atoms with E-state index in [1.165, 1.54) is 18.2 Å². The standard InChI is InChI=1S/C19H19F2N3/c20-16-6-1-7-17(21)15(16)12-24-9-3-5-13-10-18(23-19(13)24)14-4-2-8-22-11-14/h1,3,5-7,9-10,14,22H,2,4,8,11-12H2/t14-/m0/s1. The molecule has 0 amide bonds. The summed E-state index contributed by atoms with van der Waals surface area (Å²) in [6.45, 7) is 2.13. The maximum absolute atomic E-state index is 14.0. The Morgan fingerprint density at radius 3 is 2.75 bits per heavy atom. The van der Waals surface area contributed by atoms with E-state index in [1.54, 1.807) is 0 Å². The summed E-state index contributed by atoms with van der Waals surface area (Å²) in [6, 6.07) is 9.95. The van der Waals surface area contributed by atoms with Crippen LogP contribution < -0.4 is 5.32 Å². The topological polar surface area (TPSA) is 29.9 Å². The second-order valence-corrected chi connectivity index (χ2v) is 6.34. The van der Waals surface area contributed by atoms with E-state index in [1.807, 2.05) is 22.9 Å². The van der Waals surface area contributed by atoms with Gasteiger partial charge in [-0.3, -0.25) is 0 Å². The van der Waals surface area contributed by atoms with E-state index in [4.69, 9.17) is 4.98 Å². The Morgan fingerprint density at radius 2 is 2.00 bits per heavy atom. The van der Waals surface area contributed by atoms with Gasteiger partial charge in [-0.1, -0.05) is 6.07 Å². The van der Waals surface area contributed by atoms with Gasteiger partial charge in [0.1, 0.15) is 17.5 Å². The Bertz CT molecular complexity index is 801. The number of nitrogens with zero attached hydrogens (tertiary/aromatic N) is 2. The van der Waals surface area contributed by atoms with Gasteiger partial charge in [-0.25, -0.2) is 13.8 Å². The van der Waals surface area contributed by atoms with Gasteiger partial charge < -0.3 is 9.88 Å². The summed E-state index contributed by atoms with van der Waals surface area (Å²) in [4.78, 5) is 4.77. The molecular weight excluding hydrogens is 308 g/mol. The predicted molar refractivity (Wildman–Crippen MR) is 89.2 cm³/mol. The monoisotopic (exact) mass is 327 g/mol. The zero-order chi connectivity index (χ0) is 16.5. The first-order chi connectivity index (χ1) is 11.7. The minimum Gasteiger partial charge on any atom is -0.328 e. The van der Waals surface area contributed by atoms with E-state index < -0.39 is 11.6 Å². The number of hydrogen-bond acceptors (Lipinski definition) is 2. The number of aromatic nitrogens is 2. The Hall–Kier alpha value is -2.27. The van der Waals surface area contributed by atoms with E-state index in [-0.39, 0.29) is 12.1 Å². The molecule has 1 aromatic rings. The number of piperidine rings is 1. The number of halogens is 2. The Morgan fingerprint density at radius 1 is 1.17 bits per heavy atom. The lowest BCUT2D eigenvalue weighted by Crippen LogP contribution is -2.28. The summed E-state index contributed by atoms with van der Waals surface area (Å²) in [7, 11) is 0. The Labute approximate surface area is 139 Å². The molecule has 0 spiro atoms. The highest BCUT2D eigenvalue weighted by Gasteiger charge is 2.21. The largest absolute Gasteiger partial charge is 0.328 e. The minimum absolute atomic E-state index is 0.0684. The van der Waals surface area contributed by atoms with E-state index in [9.17, 15) is 8.78 Å². The van der Waals surface area contributed by atoms with Crippen LogP contribution >= 0.6 is 0 Å². The zero-order valence-electron chi connectivity index (χ0n) is 13.3. The minimum atomic E-state index is -0.525. The average molecular weight is 327 g/mol. The second-order valence-electron chi connectivity index (χ2n) is 6.34. The van der Waals surface area contributed by atoms with Crippen molar-refractivity contribution in [2.75, 3.05) is 13.1 Å². The van der Waals surface area contributed by atoms with Gasteiger partial charge in [0.2, 0.25) is 0 Å². The van der Waals surface area contributed by atoms with Crippen molar-refractivity contribution in [3.05, 3.63) is 65.5 Å². The van der Waals surface area contributed by atoms with Gasteiger partial charge in [0.15, 0.2) is 0 Å². The van der Waals surface area contributed by atoms with Crippen LogP contribution in [-0.2, 0) is 6.54 Å². The molecule has 124 valence electrons.